The van der Waals surface area contributed by atoms with Crippen LogP contribution in [0, 0.1) is 0 Å². The summed E-state index contributed by atoms with van der Waals surface area (Å²) in [6.07, 6.45) is 0.392. The highest BCUT2D eigenvalue weighted by atomic mass is 35.5. The predicted octanol–water partition coefficient (Wildman–Crippen LogP) is 1.80. The van der Waals surface area contributed by atoms with E-state index in [1.54, 1.807) is 6.92 Å². The van der Waals surface area contributed by atoms with E-state index in [4.69, 9.17) is 22.1 Å². The lowest BCUT2D eigenvalue weighted by Crippen LogP contribution is -2.20. The molecule has 1 aromatic rings. The summed E-state index contributed by atoms with van der Waals surface area (Å²) in [5, 5.41) is -0.116. The number of carbonyl (C=O) groups excluding carboxylic acids is 2. The van der Waals surface area contributed by atoms with Crippen molar-refractivity contribution in [1.82, 2.24) is 0 Å². The number of hydrogen-bond donors (Lipinski definition) is 1. The van der Waals surface area contributed by atoms with Crippen molar-refractivity contribution in [1.29, 1.82) is 0 Å². The standard InChI is InChI=1S/C14H15ClN2O3/c1-2-20-14(19)12(16)11(9-18)13(15)17-8-10-6-4-3-5-7-10/h3-7,9H,2,8,16H2,1H3/b12-11-,17-13?. The molecule has 2 N–H and O–H groups in total. The summed E-state index contributed by atoms with van der Waals surface area (Å²) < 4.78 is 4.71. The zero-order valence-corrected chi connectivity index (χ0v) is 11.8. The van der Waals surface area contributed by atoms with Gasteiger partial charge < -0.3 is 10.5 Å². The molecule has 0 radical (unpaired) electrons. The van der Waals surface area contributed by atoms with E-state index in [1.807, 2.05) is 30.3 Å². The zero-order chi connectivity index (χ0) is 15.0. The van der Waals surface area contributed by atoms with E-state index in [2.05, 4.69) is 4.99 Å². The quantitative estimate of drug-likeness (QED) is 0.375. The predicted molar refractivity (Wildman–Crippen MR) is 77.3 cm³/mol. The lowest BCUT2D eigenvalue weighted by Gasteiger charge is -2.05. The molecule has 0 unspecified atom stereocenters. The number of ether oxygens (including phenoxy) is 1. The van der Waals surface area contributed by atoms with E-state index < -0.39 is 5.97 Å². The molecule has 6 heteroatoms. The van der Waals surface area contributed by atoms with Crippen molar-refractivity contribution in [2.75, 3.05) is 6.61 Å². The van der Waals surface area contributed by atoms with Crippen LogP contribution in [-0.4, -0.2) is 24.0 Å². The molecule has 0 aliphatic rings. The van der Waals surface area contributed by atoms with Gasteiger partial charge in [0, 0.05) is 0 Å². The highest BCUT2D eigenvalue weighted by Crippen LogP contribution is 2.08. The van der Waals surface area contributed by atoms with Gasteiger partial charge in [-0.15, -0.1) is 0 Å². The van der Waals surface area contributed by atoms with Gasteiger partial charge in [0.2, 0.25) is 0 Å². The number of hydrogen-bond acceptors (Lipinski definition) is 5. The highest BCUT2D eigenvalue weighted by Gasteiger charge is 2.16. The Kier molecular flexibility index (Phi) is 6.46. The van der Waals surface area contributed by atoms with Crippen molar-refractivity contribution in [3.05, 3.63) is 47.2 Å². The molecule has 0 saturated carbocycles. The SMILES string of the molecule is CCOC(=O)/C(N)=C(\C=O)C(Cl)=NCc1ccccc1. The van der Waals surface area contributed by atoms with Gasteiger partial charge in [0.1, 0.15) is 10.9 Å². The van der Waals surface area contributed by atoms with Crippen molar-refractivity contribution >= 4 is 29.0 Å². The number of nitrogens with two attached hydrogens (primary N) is 1. The van der Waals surface area contributed by atoms with E-state index in [9.17, 15) is 9.59 Å². The number of allylic oxidation sites excluding steroid dienone is 1. The lowest BCUT2D eigenvalue weighted by molar-refractivity contribution is -0.138. The Morgan fingerprint density at radius 3 is 2.60 bits per heavy atom. The van der Waals surface area contributed by atoms with Crippen molar-refractivity contribution < 1.29 is 14.3 Å². The van der Waals surface area contributed by atoms with Crippen LogP contribution in [0.25, 0.3) is 0 Å². The molecule has 1 rings (SSSR count). The van der Waals surface area contributed by atoms with Gasteiger partial charge in [0.15, 0.2) is 6.29 Å². The van der Waals surface area contributed by atoms with Crippen LogP contribution in [0.5, 0.6) is 0 Å². The minimum absolute atomic E-state index is 0.116. The second-order valence-corrected chi connectivity index (χ2v) is 4.12. The molecule has 0 aliphatic heterocycles. The molecule has 5 nitrogen and oxygen atoms in total. The maximum atomic E-state index is 11.4. The normalized spacial score (nSPS) is 12.6. The topological polar surface area (TPSA) is 81.8 Å². The summed E-state index contributed by atoms with van der Waals surface area (Å²) in [6, 6.07) is 9.34. The average molecular weight is 295 g/mol. The van der Waals surface area contributed by atoms with E-state index in [-0.39, 0.29) is 29.6 Å². The van der Waals surface area contributed by atoms with Gasteiger partial charge in [-0.05, 0) is 12.5 Å². The number of carbonyl (C=O) groups is 2. The van der Waals surface area contributed by atoms with Gasteiger partial charge in [-0.3, -0.25) is 9.79 Å². The summed E-state index contributed by atoms with van der Waals surface area (Å²) >= 11 is 5.91. The van der Waals surface area contributed by atoms with Gasteiger partial charge in [0.25, 0.3) is 0 Å². The van der Waals surface area contributed by atoms with Gasteiger partial charge >= 0.3 is 5.97 Å². The minimum atomic E-state index is -0.789. The lowest BCUT2D eigenvalue weighted by atomic mass is 10.2. The largest absolute Gasteiger partial charge is 0.461 e. The molecule has 0 saturated heterocycles. The van der Waals surface area contributed by atoms with E-state index in [0.717, 1.165) is 5.56 Å². The smallest absolute Gasteiger partial charge is 0.355 e. The Bertz CT molecular complexity index is 539. The molecule has 106 valence electrons. The molecular formula is C14H15ClN2O3. The molecule has 0 aliphatic carbocycles. The van der Waals surface area contributed by atoms with Gasteiger partial charge in [-0.2, -0.15) is 0 Å². The molecule has 0 fully saturated rings. The third kappa shape index (κ3) is 4.51. The fourth-order valence-electron chi connectivity index (χ4n) is 1.37. The number of halogens is 1. The fraction of sp³-hybridized carbons (Fsp3) is 0.214. The van der Waals surface area contributed by atoms with Crippen LogP contribution in [0.4, 0.5) is 0 Å². The third-order valence-corrected chi connectivity index (χ3v) is 2.69. The van der Waals surface area contributed by atoms with Crippen LogP contribution in [0.15, 0.2) is 46.6 Å². The van der Waals surface area contributed by atoms with Crippen LogP contribution in [0.3, 0.4) is 0 Å². The summed E-state index contributed by atoms with van der Waals surface area (Å²) in [7, 11) is 0. The van der Waals surface area contributed by atoms with E-state index in [0.29, 0.717) is 6.29 Å². The first-order valence-electron chi connectivity index (χ1n) is 5.96. The van der Waals surface area contributed by atoms with Gasteiger partial charge in [-0.25, -0.2) is 4.79 Å². The van der Waals surface area contributed by atoms with Crippen molar-refractivity contribution in [3.8, 4) is 0 Å². The Balaban J connectivity index is 2.91. The number of nitrogens with zero attached hydrogens (tertiary/aromatic N) is 1. The number of rotatable bonds is 6. The Morgan fingerprint density at radius 2 is 2.05 bits per heavy atom. The van der Waals surface area contributed by atoms with Crippen LogP contribution in [-0.2, 0) is 20.9 Å². The monoisotopic (exact) mass is 294 g/mol. The molecule has 0 amide bonds. The van der Waals surface area contributed by atoms with Crippen molar-refractivity contribution in [2.45, 2.75) is 13.5 Å². The number of benzene rings is 1. The summed E-state index contributed by atoms with van der Waals surface area (Å²) in [6.45, 7) is 2.08. The van der Waals surface area contributed by atoms with Crippen LogP contribution in [0.2, 0.25) is 0 Å². The number of esters is 1. The second-order valence-electron chi connectivity index (χ2n) is 3.76. The molecular weight excluding hydrogens is 280 g/mol. The summed E-state index contributed by atoms with van der Waals surface area (Å²) in [5.74, 6) is -0.789. The fourth-order valence-corrected chi connectivity index (χ4v) is 1.58. The zero-order valence-electron chi connectivity index (χ0n) is 11.0. The summed E-state index contributed by atoms with van der Waals surface area (Å²) in [4.78, 5) is 26.5. The minimum Gasteiger partial charge on any atom is -0.461 e. The molecule has 0 heterocycles. The average Bonchev–Trinajstić information content (AvgIpc) is 2.47. The van der Waals surface area contributed by atoms with Crippen molar-refractivity contribution in [3.63, 3.8) is 0 Å². The molecule has 0 spiro atoms. The molecule has 0 aromatic heterocycles. The van der Waals surface area contributed by atoms with Gasteiger partial charge in [-0.1, -0.05) is 41.9 Å². The van der Waals surface area contributed by atoms with Crippen LogP contribution < -0.4 is 5.73 Å². The molecule has 0 atom stereocenters. The first-order chi connectivity index (χ1) is 9.60. The molecule has 0 bridgehead atoms. The molecule has 1 aromatic carbocycles. The van der Waals surface area contributed by atoms with Crippen LogP contribution >= 0.6 is 11.6 Å². The van der Waals surface area contributed by atoms with E-state index in [1.165, 1.54) is 0 Å². The van der Waals surface area contributed by atoms with Crippen molar-refractivity contribution in [2.24, 2.45) is 10.7 Å². The number of aliphatic imine (C=N–C) groups is 1. The molecule has 20 heavy (non-hydrogen) atoms. The maximum Gasteiger partial charge on any atom is 0.355 e. The summed E-state index contributed by atoms with van der Waals surface area (Å²) in [5.41, 5.74) is 5.95. The Labute approximate surface area is 122 Å². The second kappa shape index (κ2) is 8.12. The van der Waals surface area contributed by atoms with Gasteiger partial charge in [0.05, 0.1) is 18.7 Å². The first-order valence-corrected chi connectivity index (χ1v) is 6.34. The Morgan fingerprint density at radius 1 is 1.40 bits per heavy atom. The van der Waals surface area contributed by atoms with E-state index >= 15 is 0 Å². The first kappa shape index (κ1) is 15.9. The number of aldehydes is 1. The Hall–Kier alpha value is -2.14. The maximum absolute atomic E-state index is 11.4. The third-order valence-electron chi connectivity index (χ3n) is 2.37. The van der Waals surface area contributed by atoms with Crippen LogP contribution in [0.1, 0.15) is 12.5 Å². The highest BCUT2D eigenvalue weighted by molar-refractivity contribution is 6.72.